The van der Waals surface area contributed by atoms with Gasteiger partial charge in [0.05, 0.1) is 18.7 Å². The van der Waals surface area contributed by atoms with Crippen LogP contribution in [0.3, 0.4) is 0 Å². The van der Waals surface area contributed by atoms with Gasteiger partial charge in [-0.05, 0) is 36.6 Å². The van der Waals surface area contributed by atoms with E-state index in [9.17, 15) is 9.90 Å². The van der Waals surface area contributed by atoms with E-state index in [1.54, 1.807) is 25.1 Å². The molecule has 4 nitrogen and oxygen atoms in total. The average molecular weight is 326 g/mol. The molecular formula is C15H16ClNO3S. The first-order valence-corrected chi connectivity index (χ1v) is 7.58. The fourth-order valence-corrected chi connectivity index (χ4v) is 2.81. The fraction of sp³-hybridized carbons (Fsp3) is 0.267. The molecule has 0 aliphatic rings. The summed E-state index contributed by atoms with van der Waals surface area (Å²) in [5.41, 5.74) is -0.668. The highest BCUT2D eigenvalue weighted by molar-refractivity contribution is 7.10. The minimum atomic E-state index is -1.10. The van der Waals surface area contributed by atoms with E-state index in [1.165, 1.54) is 18.4 Å². The van der Waals surface area contributed by atoms with Crippen molar-refractivity contribution in [1.29, 1.82) is 0 Å². The topological polar surface area (TPSA) is 58.6 Å². The molecule has 6 heteroatoms. The van der Waals surface area contributed by atoms with Gasteiger partial charge in [-0.25, -0.2) is 0 Å². The molecule has 1 amide bonds. The number of hydrogen-bond acceptors (Lipinski definition) is 4. The van der Waals surface area contributed by atoms with Crippen LogP contribution in [-0.4, -0.2) is 24.7 Å². The molecule has 0 aliphatic heterocycles. The van der Waals surface area contributed by atoms with E-state index in [4.69, 9.17) is 16.3 Å². The smallest absolute Gasteiger partial charge is 0.251 e. The molecule has 112 valence electrons. The van der Waals surface area contributed by atoms with E-state index in [-0.39, 0.29) is 12.5 Å². The minimum Gasteiger partial charge on any atom is -0.495 e. The predicted molar refractivity (Wildman–Crippen MR) is 84.2 cm³/mol. The molecule has 0 aliphatic carbocycles. The number of rotatable bonds is 5. The third-order valence-corrected chi connectivity index (χ3v) is 4.49. The summed E-state index contributed by atoms with van der Waals surface area (Å²) in [6, 6.07) is 8.48. The van der Waals surface area contributed by atoms with Crippen LogP contribution in [0.1, 0.15) is 22.2 Å². The average Bonchev–Trinajstić information content (AvgIpc) is 3.00. The highest BCUT2D eigenvalue weighted by Crippen LogP contribution is 2.26. The van der Waals surface area contributed by atoms with E-state index < -0.39 is 5.60 Å². The van der Waals surface area contributed by atoms with Crippen molar-refractivity contribution in [3.8, 4) is 5.75 Å². The standard InChI is InChI=1S/C15H16ClNO3S/c1-15(19,13-4-3-7-21-13)9-17-14(18)10-5-6-11(16)12(8-10)20-2/h3-8,19H,9H2,1-2H3,(H,17,18). The number of ether oxygens (including phenoxy) is 1. The third-order valence-electron chi connectivity index (χ3n) is 3.06. The lowest BCUT2D eigenvalue weighted by molar-refractivity contribution is 0.0556. The second kappa shape index (κ2) is 6.47. The zero-order valence-electron chi connectivity index (χ0n) is 11.7. The van der Waals surface area contributed by atoms with Crippen LogP contribution in [0.4, 0.5) is 0 Å². The van der Waals surface area contributed by atoms with Crippen LogP contribution >= 0.6 is 22.9 Å². The largest absolute Gasteiger partial charge is 0.495 e. The highest BCUT2D eigenvalue weighted by atomic mass is 35.5. The maximum Gasteiger partial charge on any atom is 0.251 e. The molecule has 1 aromatic carbocycles. The van der Waals surface area contributed by atoms with Crippen LogP contribution in [0, 0.1) is 0 Å². The first kappa shape index (κ1) is 15.8. The van der Waals surface area contributed by atoms with Gasteiger partial charge in [0.2, 0.25) is 0 Å². The number of carbonyl (C=O) groups is 1. The summed E-state index contributed by atoms with van der Waals surface area (Å²) in [7, 11) is 1.49. The molecule has 0 saturated carbocycles. The first-order chi connectivity index (χ1) is 9.94. The van der Waals surface area contributed by atoms with Crippen LogP contribution in [0.25, 0.3) is 0 Å². The lowest BCUT2D eigenvalue weighted by Crippen LogP contribution is -2.38. The Bertz CT molecular complexity index is 626. The van der Waals surface area contributed by atoms with Crippen LogP contribution in [0.2, 0.25) is 5.02 Å². The number of nitrogens with one attached hydrogen (secondary N) is 1. The monoisotopic (exact) mass is 325 g/mol. The van der Waals surface area contributed by atoms with Crippen molar-refractivity contribution >= 4 is 28.8 Å². The highest BCUT2D eigenvalue weighted by Gasteiger charge is 2.25. The van der Waals surface area contributed by atoms with Crippen LogP contribution in [0.5, 0.6) is 5.75 Å². The van der Waals surface area contributed by atoms with Crippen molar-refractivity contribution in [2.45, 2.75) is 12.5 Å². The Kier molecular flexibility index (Phi) is 4.88. The molecule has 2 rings (SSSR count). The molecular weight excluding hydrogens is 310 g/mol. The normalized spacial score (nSPS) is 13.5. The zero-order valence-corrected chi connectivity index (χ0v) is 13.3. The molecule has 0 spiro atoms. The van der Waals surface area contributed by atoms with Crippen molar-refractivity contribution in [1.82, 2.24) is 5.32 Å². The predicted octanol–water partition coefficient (Wildman–Crippen LogP) is 3.05. The molecule has 2 aromatic rings. The van der Waals surface area contributed by atoms with E-state index in [2.05, 4.69) is 5.32 Å². The number of methoxy groups -OCH3 is 1. The molecule has 1 aromatic heterocycles. The van der Waals surface area contributed by atoms with Crippen molar-refractivity contribution in [2.75, 3.05) is 13.7 Å². The molecule has 21 heavy (non-hydrogen) atoms. The Labute approximate surface area is 132 Å². The van der Waals surface area contributed by atoms with Gasteiger partial charge in [-0.15, -0.1) is 11.3 Å². The fourth-order valence-electron chi connectivity index (χ4n) is 1.83. The van der Waals surface area contributed by atoms with Gasteiger partial charge in [0.1, 0.15) is 11.4 Å². The van der Waals surface area contributed by atoms with Crippen LogP contribution < -0.4 is 10.1 Å². The lowest BCUT2D eigenvalue weighted by atomic mass is 10.0. The quantitative estimate of drug-likeness (QED) is 0.888. The summed E-state index contributed by atoms with van der Waals surface area (Å²) in [4.78, 5) is 12.9. The van der Waals surface area contributed by atoms with Crippen molar-refractivity contribution < 1.29 is 14.6 Å². The summed E-state index contributed by atoms with van der Waals surface area (Å²) in [5, 5.41) is 15.4. The number of benzene rings is 1. The summed E-state index contributed by atoms with van der Waals surface area (Å²) in [5.74, 6) is 0.149. The Morgan fingerprint density at radius 1 is 1.48 bits per heavy atom. The number of thiophene rings is 1. The molecule has 0 saturated heterocycles. The summed E-state index contributed by atoms with van der Waals surface area (Å²) < 4.78 is 5.08. The Hall–Kier alpha value is -1.56. The van der Waals surface area contributed by atoms with Gasteiger partial charge in [-0.2, -0.15) is 0 Å². The van der Waals surface area contributed by atoms with Gasteiger partial charge in [-0.3, -0.25) is 4.79 Å². The first-order valence-electron chi connectivity index (χ1n) is 6.32. The minimum absolute atomic E-state index is 0.122. The second-order valence-corrected chi connectivity index (χ2v) is 6.14. The van der Waals surface area contributed by atoms with E-state index in [1.807, 2.05) is 17.5 Å². The summed E-state index contributed by atoms with van der Waals surface area (Å²) >= 11 is 7.37. The van der Waals surface area contributed by atoms with Crippen LogP contribution in [-0.2, 0) is 5.60 Å². The Morgan fingerprint density at radius 3 is 2.86 bits per heavy atom. The van der Waals surface area contributed by atoms with Crippen molar-refractivity contribution in [2.24, 2.45) is 0 Å². The third kappa shape index (κ3) is 3.75. The van der Waals surface area contributed by atoms with Gasteiger partial charge in [0, 0.05) is 10.4 Å². The maximum absolute atomic E-state index is 12.1. The number of amides is 1. The van der Waals surface area contributed by atoms with E-state index in [0.717, 1.165) is 4.88 Å². The van der Waals surface area contributed by atoms with Crippen LogP contribution in [0.15, 0.2) is 35.7 Å². The number of hydrogen-bond donors (Lipinski definition) is 2. The van der Waals surface area contributed by atoms with Gasteiger partial charge in [-0.1, -0.05) is 17.7 Å². The molecule has 1 unspecified atom stereocenters. The number of aliphatic hydroxyl groups is 1. The SMILES string of the molecule is COc1cc(C(=O)NCC(C)(O)c2cccs2)ccc1Cl. The molecule has 0 fully saturated rings. The van der Waals surface area contributed by atoms with Gasteiger partial charge in [0.15, 0.2) is 0 Å². The maximum atomic E-state index is 12.1. The molecule has 0 bridgehead atoms. The lowest BCUT2D eigenvalue weighted by Gasteiger charge is -2.22. The van der Waals surface area contributed by atoms with Gasteiger partial charge in [0.25, 0.3) is 5.91 Å². The van der Waals surface area contributed by atoms with E-state index >= 15 is 0 Å². The molecule has 1 heterocycles. The Morgan fingerprint density at radius 2 is 2.24 bits per heavy atom. The summed E-state index contributed by atoms with van der Waals surface area (Å²) in [6.07, 6.45) is 0. The zero-order chi connectivity index (χ0) is 15.5. The van der Waals surface area contributed by atoms with Crippen molar-refractivity contribution in [3.05, 3.63) is 51.2 Å². The Balaban J connectivity index is 2.05. The van der Waals surface area contributed by atoms with Gasteiger partial charge < -0.3 is 15.2 Å². The molecule has 0 radical (unpaired) electrons. The number of halogens is 1. The van der Waals surface area contributed by atoms with E-state index in [0.29, 0.717) is 16.3 Å². The van der Waals surface area contributed by atoms with Crippen molar-refractivity contribution in [3.63, 3.8) is 0 Å². The second-order valence-electron chi connectivity index (χ2n) is 4.78. The number of carbonyl (C=O) groups excluding carboxylic acids is 1. The molecule has 2 N–H and O–H groups in total. The van der Waals surface area contributed by atoms with Gasteiger partial charge >= 0.3 is 0 Å². The molecule has 1 atom stereocenters. The summed E-state index contributed by atoms with van der Waals surface area (Å²) in [6.45, 7) is 1.79.